The normalized spacial score (nSPS) is 12.5. The Morgan fingerprint density at radius 2 is 0.846 bits per heavy atom. The van der Waals surface area contributed by atoms with Gasteiger partial charge in [0.2, 0.25) is 0 Å². The summed E-state index contributed by atoms with van der Waals surface area (Å²) in [5.41, 5.74) is 32.5. The molecule has 0 aromatic carbocycles. The van der Waals surface area contributed by atoms with Gasteiger partial charge in [-0.25, -0.2) is 0 Å². The van der Waals surface area contributed by atoms with Crippen molar-refractivity contribution >= 4 is 0 Å². The van der Waals surface area contributed by atoms with Crippen LogP contribution in [0.1, 0.15) is 0 Å². The SMILES string of the molecule is NC(N)CN(CC(N)N)CC(N)N. The van der Waals surface area contributed by atoms with Crippen LogP contribution in [0.15, 0.2) is 0 Å². The van der Waals surface area contributed by atoms with E-state index in [1.807, 2.05) is 4.90 Å². The molecule has 0 aromatic rings. The highest BCUT2D eigenvalue weighted by molar-refractivity contribution is 4.70. The lowest BCUT2D eigenvalue weighted by molar-refractivity contribution is 0.231. The van der Waals surface area contributed by atoms with Crippen LogP contribution < -0.4 is 34.4 Å². The third-order valence-corrected chi connectivity index (χ3v) is 1.41. The van der Waals surface area contributed by atoms with Crippen molar-refractivity contribution in [2.75, 3.05) is 19.6 Å². The number of rotatable bonds is 6. The maximum absolute atomic E-state index is 5.42. The molecular weight excluding hydrogens is 170 g/mol. The van der Waals surface area contributed by atoms with Gasteiger partial charge in [0.25, 0.3) is 0 Å². The first kappa shape index (κ1) is 12.7. The van der Waals surface area contributed by atoms with Gasteiger partial charge in [-0.05, 0) is 0 Å². The molecule has 7 nitrogen and oxygen atoms in total. The molecule has 0 unspecified atom stereocenters. The monoisotopic (exact) mass is 191 g/mol. The Morgan fingerprint density at radius 1 is 0.615 bits per heavy atom. The van der Waals surface area contributed by atoms with Crippen LogP contribution in [-0.2, 0) is 0 Å². The summed E-state index contributed by atoms with van der Waals surface area (Å²) in [6, 6.07) is 0. The summed E-state index contributed by atoms with van der Waals surface area (Å²) in [6.45, 7) is 1.45. The van der Waals surface area contributed by atoms with Gasteiger partial charge in [0.05, 0.1) is 18.5 Å². The second-order valence-electron chi connectivity index (χ2n) is 3.21. The van der Waals surface area contributed by atoms with Crippen LogP contribution in [0.5, 0.6) is 0 Å². The summed E-state index contributed by atoms with van der Waals surface area (Å²) in [7, 11) is 0. The highest BCUT2D eigenvalue weighted by Crippen LogP contribution is 1.89. The maximum atomic E-state index is 5.42. The van der Waals surface area contributed by atoms with E-state index in [-0.39, 0.29) is 0 Å². The topological polar surface area (TPSA) is 159 Å². The van der Waals surface area contributed by atoms with Crippen molar-refractivity contribution in [3.63, 3.8) is 0 Å². The Hall–Kier alpha value is -0.280. The van der Waals surface area contributed by atoms with Crippen LogP contribution in [0.2, 0.25) is 0 Å². The molecule has 0 aliphatic rings. The minimum Gasteiger partial charge on any atom is -0.315 e. The molecule has 0 radical (unpaired) electrons. The summed E-state index contributed by atoms with van der Waals surface area (Å²) < 4.78 is 0. The van der Waals surface area contributed by atoms with E-state index in [0.29, 0.717) is 19.6 Å². The summed E-state index contributed by atoms with van der Waals surface area (Å²) in [4.78, 5) is 1.85. The third kappa shape index (κ3) is 8.06. The van der Waals surface area contributed by atoms with E-state index in [1.54, 1.807) is 0 Å². The number of hydrogen-bond donors (Lipinski definition) is 6. The van der Waals surface area contributed by atoms with Gasteiger partial charge in [-0.3, -0.25) is 4.90 Å². The molecular formula is C6H21N7. The first-order valence-electron chi connectivity index (χ1n) is 4.17. The molecule has 0 atom stereocenters. The lowest BCUT2D eigenvalue weighted by Gasteiger charge is -2.26. The van der Waals surface area contributed by atoms with Crippen molar-refractivity contribution in [3.8, 4) is 0 Å². The first-order chi connectivity index (χ1) is 5.91. The van der Waals surface area contributed by atoms with Crippen LogP contribution in [0.4, 0.5) is 0 Å². The van der Waals surface area contributed by atoms with Crippen LogP contribution >= 0.6 is 0 Å². The molecule has 0 rings (SSSR count). The highest BCUT2D eigenvalue weighted by atomic mass is 15.2. The molecule has 0 spiro atoms. The molecule has 80 valence electrons. The summed E-state index contributed by atoms with van der Waals surface area (Å²) >= 11 is 0. The number of nitrogens with two attached hydrogens (primary N) is 6. The first-order valence-corrected chi connectivity index (χ1v) is 4.17. The molecule has 13 heavy (non-hydrogen) atoms. The highest BCUT2D eigenvalue weighted by Gasteiger charge is 2.11. The van der Waals surface area contributed by atoms with Crippen molar-refractivity contribution < 1.29 is 0 Å². The maximum Gasteiger partial charge on any atom is 0.0652 e. The van der Waals surface area contributed by atoms with E-state index in [2.05, 4.69) is 0 Å². The molecule has 0 amide bonds. The minimum absolute atomic E-state index is 0.433. The smallest absolute Gasteiger partial charge is 0.0652 e. The molecule has 0 aliphatic carbocycles. The van der Waals surface area contributed by atoms with Crippen molar-refractivity contribution in [2.24, 2.45) is 34.4 Å². The van der Waals surface area contributed by atoms with Crippen molar-refractivity contribution in [1.82, 2.24) is 4.90 Å². The fourth-order valence-corrected chi connectivity index (χ4v) is 1.12. The van der Waals surface area contributed by atoms with Crippen molar-refractivity contribution in [3.05, 3.63) is 0 Å². The van der Waals surface area contributed by atoms with Crippen molar-refractivity contribution in [1.29, 1.82) is 0 Å². The van der Waals surface area contributed by atoms with E-state index in [1.165, 1.54) is 0 Å². The Bertz CT molecular complexity index is 100. The van der Waals surface area contributed by atoms with Crippen LogP contribution in [-0.4, -0.2) is 43.0 Å². The van der Waals surface area contributed by atoms with Crippen LogP contribution in [0.3, 0.4) is 0 Å². The van der Waals surface area contributed by atoms with Gasteiger partial charge in [-0.1, -0.05) is 0 Å². The van der Waals surface area contributed by atoms with Gasteiger partial charge in [0.1, 0.15) is 0 Å². The van der Waals surface area contributed by atoms with Gasteiger partial charge >= 0.3 is 0 Å². The molecule has 7 heteroatoms. The van der Waals surface area contributed by atoms with Gasteiger partial charge in [0.15, 0.2) is 0 Å². The zero-order chi connectivity index (χ0) is 10.4. The molecule has 0 saturated carbocycles. The molecule has 0 saturated heterocycles. The molecule has 12 N–H and O–H groups in total. The summed E-state index contributed by atoms with van der Waals surface area (Å²) in [5, 5.41) is 0. The zero-order valence-corrected chi connectivity index (χ0v) is 7.76. The Balaban J connectivity index is 3.87. The quantitative estimate of drug-likeness (QED) is 0.233. The second kappa shape index (κ2) is 6.22. The van der Waals surface area contributed by atoms with E-state index in [4.69, 9.17) is 34.4 Å². The molecule has 0 aliphatic heterocycles. The third-order valence-electron chi connectivity index (χ3n) is 1.41. The van der Waals surface area contributed by atoms with Gasteiger partial charge in [-0.15, -0.1) is 0 Å². The number of hydrogen-bond acceptors (Lipinski definition) is 7. The molecule has 0 bridgehead atoms. The molecule has 0 aromatic heterocycles. The Labute approximate surface area is 78.4 Å². The van der Waals surface area contributed by atoms with Crippen molar-refractivity contribution in [2.45, 2.75) is 18.5 Å². The Morgan fingerprint density at radius 3 is 1.00 bits per heavy atom. The fraction of sp³-hybridized carbons (Fsp3) is 1.00. The van der Waals surface area contributed by atoms with E-state index >= 15 is 0 Å². The van der Waals surface area contributed by atoms with E-state index < -0.39 is 18.5 Å². The zero-order valence-electron chi connectivity index (χ0n) is 7.76. The van der Waals surface area contributed by atoms with Crippen LogP contribution in [0, 0.1) is 0 Å². The summed E-state index contributed by atoms with van der Waals surface area (Å²) in [6.07, 6.45) is -1.30. The average Bonchev–Trinajstić information content (AvgIpc) is 1.80. The largest absolute Gasteiger partial charge is 0.315 e. The van der Waals surface area contributed by atoms with E-state index in [0.717, 1.165) is 0 Å². The molecule has 0 fully saturated rings. The van der Waals surface area contributed by atoms with Crippen LogP contribution in [0.25, 0.3) is 0 Å². The fourth-order valence-electron chi connectivity index (χ4n) is 1.12. The standard InChI is InChI=1S/C6H21N7/c7-4(8)1-13(2-5(9)10)3-6(11)12/h4-6H,1-3,7-12H2. The lowest BCUT2D eigenvalue weighted by atomic mass is 10.3. The molecule has 0 heterocycles. The van der Waals surface area contributed by atoms with E-state index in [9.17, 15) is 0 Å². The predicted octanol–water partition coefficient (Wildman–Crippen LogP) is -3.98. The summed E-state index contributed by atoms with van der Waals surface area (Å²) in [5.74, 6) is 0. The minimum atomic E-state index is -0.433. The van der Waals surface area contributed by atoms with Gasteiger partial charge < -0.3 is 34.4 Å². The predicted molar refractivity (Wildman–Crippen MR) is 52.9 cm³/mol. The van der Waals surface area contributed by atoms with Gasteiger partial charge in [0, 0.05) is 19.6 Å². The lowest BCUT2D eigenvalue weighted by Crippen LogP contribution is -2.54. The number of nitrogens with zero attached hydrogens (tertiary/aromatic N) is 1. The Kier molecular flexibility index (Phi) is 6.08. The van der Waals surface area contributed by atoms with Gasteiger partial charge in [-0.2, -0.15) is 0 Å². The second-order valence-corrected chi connectivity index (χ2v) is 3.21. The average molecular weight is 191 g/mol.